The summed E-state index contributed by atoms with van der Waals surface area (Å²) in [5.41, 5.74) is 2.10. The molecule has 0 amide bonds. The summed E-state index contributed by atoms with van der Waals surface area (Å²) >= 11 is 7.82. The van der Waals surface area contributed by atoms with E-state index >= 15 is 0 Å². The second kappa shape index (κ2) is 6.92. The number of methoxy groups -OCH3 is 2. The molecule has 1 aromatic heterocycles. The molecule has 0 fully saturated rings. The smallest absolute Gasteiger partial charge is 0.179 e. The van der Waals surface area contributed by atoms with Crippen molar-refractivity contribution in [3.05, 3.63) is 38.8 Å². The lowest BCUT2D eigenvalue weighted by Gasteiger charge is -2.12. The first-order valence-corrected chi connectivity index (χ1v) is 7.42. The minimum Gasteiger partial charge on any atom is -0.493 e. The summed E-state index contributed by atoms with van der Waals surface area (Å²) < 4.78 is 10.5. The van der Waals surface area contributed by atoms with Gasteiger partial charge in [-0.2, -0.15) is 0 Å². The van der Waals surface area contributed by atoms with E-state index < -0.39 is 0 Å². The van der Waals surface area contributed by atoms with Gasteiger partial charge in [0, 0.05) is 18.5 Å². The van der Waals surface area contributed by atoms with Crippen molar-refractivity contribution in [2.75, 3.05) is 14.2 Å². The van der Waals surface area contributed by atoms with Crippen molar-refractivity contribution >= 4 is 22.9 Å². The summed E-state index contributed by atoms with van der Waals surface area (Å²) in [5, 5.41) is 7.02. The van der Waals surface area contributed by atoms with Gasteiger partial charge in [-0.25, -0.2) is 4.98 Å². The van der Waals surface area contributed by atoms with Gasteiger partial charge < -0.3 is 14.8 Å². The van der Waals surface area contributed by atoms with Crippen LogP contribution in [0.1, 0.15) is 16.3 Å². The molecule has 6 heteroatoms. The van der Waals surface area contributed by atoms with Crippen LogP contribution in [-0.4, -0.2) is 19.2 Å². The maximum Gasteiger partial charge on any atom is 0.179 e. The number of hydrogen-bond acceptors (Lipinski definition) is 5. The fraction of sp³-hybridized carbons (Fsp3) is 0.357. The Morgan fingerprint density at radius 3 is 2.65 bits per heavy atom. The highest BCUT2D eigenvalue weighted by molar-refractivity contribution is 7.09. The molecule has 0 bridgehead atoms. The van der Waals surface area contributed by atoms with Crippen LogP contribution in [0.2, 0.25) is 5.02 Å². The van der Waals surface area contributed by atoms with Crippen LogP contribution in [0.5, 0.6) is 11.5 Å². The molecule has 0 aliphatic rings. The molecule has 0 saturated heterocycles. The van der Waals surface area contributed by atoms with E-state index in [0.717, 1.165) is 22.8 Å². The third-order valence-corrected chi connectivity index (χ3v) is 3.90. The zero-order valence-corrected chi connectivity index (χ0v) is 13.3. The molecular formula is C14H17ClN2O2S. The molecule has 4 nitrogen and oxygen atoms in total. The molecule has 1 heterocycles. The fourth-order valence-corrected chi connectivity index (χ4v) is 2.82. The summed E-state index contributed by atoms with van der Waals surface area (Å²) in [6.45, 7) is 3.43. The van der Waals surface area contributed by atoms with Gasteiger partial charge in [0.1, 0.15) is 0 Å². The van der Waals surface area contributed by atoms with E-state index in [-0.39, 0.29) is 0 Å². The van der Waals surface area contributed by atoms with Crippen molar-refractivity contribution in [3.8, 4) is 11.5 Å². The molecule has 0 aliphatic carbocycles. The maximum absolute atomic E-state index is 6.17. The molecule has 0 atom stereocenters. The summed E-state index contributed by atoms with van der Waals surface area (Å²) in [6, 6.07) is 3.80. The highest BCUT2D eigenvalue weighted by Gasteiger charge is 2.10. The Balaban J connectivity index is 2.01. The molecule has 20 heavy (non-hydrogen) atoms. The Bertz CT molecular complexity index is 587. The number of thiazole rings is 1. The number of hydrogen-bond donors (Lipinski definition) is 1. The van der Waals surface area contributed by atoms with Crippen LogP contribution in [-0.2, 0) is 13.1 Å². The Kier molecular flexibility index (Phi) is 5.23. The predicted octanol–water partition coefficient (Wildman–Crippen LogP) is 3.41. The van der Waals surface area contributed by atoms with Gasteiger partial charge in [0.15, 0.2) is 11.5 Å². The lowest BCUT2D eigenvalue weighted by Crippen LogP contribution is -2.13. The monoisotopic (exact) mass is 312 g/mol. The van der Waals surface area contributed by atoms with Crippen molar-refractivity contribution in [2.24, 2.45) is 0 Å². The molecule has 2 rings (SSSR count). The zero-order chi connectivity index (χ0) is 14.5. The van der Waals surface area contributed by atoms with Crippen LogP contribution in [0.3, 0.4) is 0 Å². The number of aryl methyl sites for hydroxylation is 1. The summed E-state index contributed by atoms with van der Waals surface area (Å²) in [5.74, 6) is 1.20. The second-order valence-corrected chi connectivity index (χ2v) is 5.74. The van der Waals surface area contributed by atoms with E-state index in [2.05, 4.69) is 15.7 Å². The van der Waals surface area contributed by atoms with Gasteiger partial charge in [-0.1, -0.05) is 11.6 Å². The summed E-state index contributed by atoms with van der Waals surface area (Å²) in [7, 11) is 3.18. The number of halogens is 1. The quantitative estimate of drug-likeness (QED) is 0.887. The van der Waals surface area contributed by atoms with E-state index in [0.29, 0.717) is 23.1 Å². The molecular weight excluding hydrogens is 296 g/mol. The molecule has 108 valence electrons. The van der Waals surface area contributed by atoms with Gasteiger partial charge in [0.2, 0.25) is 0 Å². The van der Waals surface area contributed by atoms with Gasteiger partial charge in [0.25, 0.3) is 0 Å². The first-order chi connectivity index (χ1) is 9.63. The van der Waals surface area contributed by atoms with Crippen LogP contribution in [0.15, 0.2) is 17.5 Å². The van der Waals surface area contributed by atoms with Crippen LogP contribution in [0.4, 0.5) is 0 Å². The molecule has 2 aromatic rings. The number of benzene rings is 1. The standard InChI is InChI=1S/C14H17ClN2O2S/c1-9-17-11(8-20-9)7-16-6-10-4-12(15)14(19-3)13(5-10)18-2/h4-5,8,16H,6-7H2,1-3H3. The lowest BCUT2D eigenvalue weighted by molar-refractivity contribution is 0.354. The zero-order valence-electron chi connectivity index (χ0n) is 11.7. The second-order valence-electron chi connectivity index (χ2n) is 4.27. The Hall–Kier alpha value is -1.30. The van der Waals surface area contributed by atoms with E-state index in [1.807, 2.05) is 19.1 Å². The van der Waals surface area contributed by atoms with Crippen molar-refractivity contribution in [1.82, 2.24) is 10.3 Å². The number of rotatable bonds is 6. The van der Waals surface area contributed by atoms with Crippen molar-refractivity contribution in [1.29, 1.82) is 0 Å². The third kappa shape index (κ3) is 3.62. The average Bonchev–Trinajstić information content (AvgIpc) is 2.83. The highest BCUT2D eigenvalue weighted by Crippen LogP contribution is 2.35. The molecule has 0 aliphatic heterocycles. The molecule has 0 radical (unpaired) electrons. The maximum atomic E-state index is 6.17. The Labute approximate surface area is 127 Å². The number of nitrogens with one attached hydrogen (secondary N) is 1. The van der Waals surface area contributed by atoms with E-state index in [1.54, 1.807) is 25.6 Å². The first-order valence-electron chi connectivity index (χ1n) is 6.16. The first kappa shape index (κ1) is 15.1. The van der Waals surface area contributed by atoms with E-state index in [4.69, 9.17) is 21.1 Å². The van der Waals surface area contributed by atoms with Crippen molar-refractivity contribution in [3.63, 3.8) is 0 Å². The van der Waals surface area contributed by atoms with Gasteiger partial charge in [-0.05, 0) is 24.6 Å². The Morgan fingerprint density at radius 2 is 2.05 bits per heavy atom. The van der Waals surface area contributed by atoms with E-state index in [1.165, 1.54) is 0 Å². The van der Waals surface area contributed by atoms with E-state index in [9.17, 15) is 0 Å². The molecule has 1 aromatic carbocycles. The molecule has 0 spiro atoms. The van der Waals surface area contributed by atoms with Crippen LogP contribution >= 0.6 is 22.9 Å². The average molecular weight is 313 g/mol. The third-order valence-electron chi connectivity index (χ3n) is 2.80. The molecule has 0 saturated carbocycles. The van der Waals surface area contributed by atoms with Gasteiger partial charge in [0.05, 0.1) is 29.9 Å². The largest absolute Gasteiger partial charge is 0.493 e. The topological polar surface area (TPSA) is 43.4 Å². The van der Waals surface area contributed by atoms with Crippen LogP contribution < -0.4 is 14.8 Å². The predicted molar refractivity (Wildman–Crippen MR) is 82.0 cm³/mol. The van der Waals surface area contributed by atoms with Crippen molar-refractivity contribution < 1.29 is 9.47 Å². The summed E-state index contributed by atoms with van der Waals surface area (Å²) in [4.78, 5) is 4.41. The molecule has 0 unspecified atom stereocenters. The summed E-state index contributed by atoms with van der Waals surface area (Å²) in [6.07, 6.45) is 0. The van der Waals surface area contributed by atoms with Gasteiger partial charge in [-0.15, -0.1) is 11.3 Å². The van der Waals surface area contributed by atoms with Crippen LogP contribution in [0, 0.1) is 6.92 Å². The van der Waals surface area contributed by atoms with Crippen LogP contribution in [0.25, 0.3) is 0 Å². The molecule has 1 N–H and O–H groups in total. The highest BCUT2D eigenvalue weighted by atomic mass is 35.5. The lowest BCUT2D eigenvalue weighted by atomic mass is 10.2. The van der Waals surface area contributed by atoms with Crippen molar-refractivity contribution in [2.45, 2.75) is 20.0 Å². The Morgan fingerprint density at radius 1 is 1.25 bits per heavy atom. The fourth-order valence-electron chi connectivity index (χ4n) is 1.90. The number of ether oxygens (including phenoxy) is 2. The minimum atomic E-state index is 0.549. The number of aromatic nitrogens is 1. The number of nitrogens with zero attached hydrogens (tertiary/aromatic N) is 1. The normalized spacial score (nSPS) is 10.6. The van der Waals surface area contributed by atoms with Gasteiger partial charge >= 0.3 is 0 Å². The SMILES string of the molecule is COc1cc(CNCc2csc(C)n2)cc(Cl)c1OC. The minimum absolute atomic E-state index is 0.549. The van der Waals surface area contributed by atoms with Gasteiger partial charge in [-0.3, -0.25) is 0 Å².